The van der Waals surface area contributed by atoms with Crippen LogP contribution in [0.2, 0.25) is 0 Å². The van der Waals surface area contributed by atoms with Crippen LogP contribution in [0.4, 0.5) is 0 Å². The van der Waals surface area contributed by atoms with E-state index in [1.165, 1.54) is 22.3 Å². The highest BCUT2D eigenvalue weighted by molar-refractivity contribution is 5.58. The topological polar surface area (TPSA) is 0 Å². The zero-order chi connectivity index (χ0) is 34.1. The first-order valence-electron chi connectivity index (χ1n) is 17.1. The Morgan fingerprint density at radius 1 is 0.395 bits per heavy atom. The van der Waals surface area contributed by atoms with Gasteiger partial charge in [0.1, 0.15) is 0 Å². The molecular weight excluding hydrogens is 516 g/mol. The van der Waals surface area contributed by atoms with Crippen molar-refractivity contribution in [1.82, 2.24) is 0 Å². The number of hydrogen-bond acceptors (Lipinski definition) is 0. The molecule has 2 aromatic carbocycles. The monoisotopic (exact) mass is 589 g/mol. The maximum absolute atomic E-state index is 2.62. The molecule has 0 aliphatic rings. The molecule has 0 aromatic heterocycles. The van der Waals surface area contributed by atoms with Crippen LogP contribution in [0.25, 0.3) is 0 Å². The minimum atomic E-state index is 0.0208. The lowest BCUT2D eigenvalue weighted by molar-refractivity contribution is 0.476. The summed E-state index contributed by atoms with van der Waals surface area (Å²) >= 11 is 0. The third kappa shape index (κ3) is 8.19. The molecule has 0 heteroatoms. The Morgan fingerprint density at radius 2 is 0.744 bits per heavy atom. The highest BCUT2D eigenvalue weighted by Gasteiger charge is 2.39. The summed E-state index contributed by atoms with van der Waals surface area (Å²) < 4.78 is 0. The van der Waals surface area contributed by atoms with E-state index in [-0.39, 0.29) is 37.9 Å². The van der Waals surface area contributed by atoms with E-state index in [4.69, 9.17) is 0 Å². The molecule has 43 heavy (non-hydrogen) atoms. The Balaban J connectivity index is 3.16. The van der Waals surface area contributed by atoms with Crippen molar-refractivity contribution in [2.75, 3.05) is 0 Å². The molecule has 0 nitrogen and oxygen atoms in total. The summed E-state index contributed by atoms with van der Waals surface area (Å²) in [5.41, 5.74) is 14.3. The van der Waals surface area contributed by atoms with E-state index in [2.05, 4.69) is 171 Å². The van der Waals surface area contributed by atoms with E-state index in [1.54, 1.807) is 27.8 Å². The molecular formula is C43H72. The molecule has 0 amide bonds. The lowest BCUT2D eigenvalue weighted by Crippen LogP contribution is -2.33. The van der Waals surface area contributed by atoms with Crippen molar-refractivity contribution in [2.24, 2.45) is 0 Å². The summed E-state index contributed by atoms with van der Waals surface area (Å²) in [4.78, 5) is 0. The first kappa shape index (κ1) is 37.6. The number of hydrogen-bond donors (Lipinski definition) is 0. The smallest absolute Gasteiger partial charge is 0.0126 e. The van der Waals surface area contributed by atoms with Gasteiger partial charge in [-0.1, -0.05) is 171 Å². The van der Waals surface area contributed by atoms with Gasteiger partial charge in [0.25, 0.3) is 0 Å². The molecule has 0 radical (unpaired) electrons. The largest absolute Gasteiger partial charge is 0.0584 e. The van der Waals surface area contributed by atoms with Crippen molar-refractivity contribution in [3.05, 3.63) is 68.3 Å². The summed E-state index contributed by atoms with van der Waals surface area (Å²) in [5, 5.41) is 0. The fraction of sp³-hybridized carbons (Fsp3) is 0.721. The first-order valence-corrected chi connectivity index (χ1v) is 17.1. The van der Waals surface area contributed by atoms with Gasteiger partial charge in [-0.3, -0.25) is 0 Å². The average Bonchev–Trinajstić information content (AvgIpc) is 2.72. The molecule has 0 fully saturated rings. The third-order valence-corrected chi connectivity index (χ3v) is 9.10. The molecule has 0 heterocycles. The Kier molecular flexibility index (Phi) is 9.93. The second kappa shape index (κ2) is 11.4. The molecule has 0 aliphatic carbocycles. The predicted molar refractivity (Wildman–Crippen MR) is 196 cm³/mol. The van der Waals surface area contributed by atoms with Crippen LogP contribution < -0.4 is 0 Å². The van der Waals surface area contributed by atoms with Gasteiger partial charge in [0.2, 0.25) is 0 Å². The van der Waals surface area contributed by atoms with Crippen LogP contribution in [-0.4, -0.2) is 0 Å². The summed E-state index contributed by atoms with van der Waals surface area (Å²) in [6.45, 7) is 53.3. The molecule has 1 unspecified atom stereocenters. The fourth-order valence-corrected chi connectivity index (χ4v) is 7.49. The lowest BCUT2D eigenvalue weighted by atomic mass is 9.62. The van der Waals surface area contributed by atoms with E-state index in [1.807, 2.05) is 0 Å². The van der Waals surface area contributed by atoms with Crippen molar-refractivity contribution in [3.63, 3.8) is 0 Å². The Labute approximate surface area is 270 Å². The van der Waals surface area contributed by atoms with E-state index in [0.29, 0.717) is 5.92 Å². The van der Waals surface area contributed by atoms with Gasteiger partial charge in [-0.25, -0.2) is 0 Å². The highest BCUT2D eigenvalue weighted by atomic mass is 14.4. The fourth-order valence-electron chi connectivity index (χ4n) is 7.49. The molecule has 2 aromatic rings. The van der Waals surface area contributed by atoms with Gasteiger partial charge in [-0.15, -0.1) is 0 Å². The normalized spacial score (nSPS) is 15.2. The second-order valence-corrected chi connectivity index (χ2v) is 21.0. The van der Waals surface area contributed by atoms with Gasteiger partial charge >= 0.3 is 0 Å². The molecule has 0 aliphatic heterocycles. The number of benzene rings is 2. The standard InChI is InChI=1S/C43H72/c1-27(25-28-23-24-29(37(2,3)4)34(41(14,15)16)33(28)40(11,12)13)32-30(38(5,6)7)26-31(39(8,9)10)35(42(17,18)19)36(32)43(20,21)22/h23-24,26-27H,25H2,1-22H3. The molecule has 0 spiro atoms. The van der Waals surface area contributed by atoms with Crippen molar-refractivity contribution in [3.8, 4) is 0 Å². The van der Waals surface area contributed by atoms with Gasteiger partial charge in [-0.2, -0.15) is 0 Å². The van der Waals surface area contributed by atoms with E-state index in [9.17, 15) is 0 Å². The van der Waals surface area contributed by atoms with Crippen molar-refractivity contribution in [1.29, 1.82) is 0 Å². The van der Waals surface area contributed by atoms with Gasteiger partial charge in [-0.05, 0) is 100 Å². The second-order valence-electron chi connectivity index (χ2n) is 21.0. The Bertz CT molecular complexity index is 1290. The van der Waals surface area contributed by atoms with E-state index < -0.39 is 0 Å². The quantitative estimate of drug-likeness (QED) is 0.334. The lowest BCUT2D eigenvalue weighted by Gasteiger charge is -2.42. The van der Waals surface area contributed by atoms with Crippen LogP contribution in [0, 0.1) is 0 Å². The van der Waals surface area contributed by atoms with Crippen LogP contribution in [0.5, 0.6) is 0 Å². The first-order chi connectivity index (χ1) is 18.7. The molecule has 0 bridgehead atoms. The van der Waals surface area contributed by atoms with Crippen LogP contribution >= 0.6 is 0 Å². The van der Waals surface area contributed by atoms with Gasteiger partial charge < -0.3 is 0 Å². The SMILES string of the molecule is CC(Cc1ccc(C(C)(C)C)c(C(C)(C)C)c1C(C)(C)C)c1c(C(C)(C)C)cc(C(C)(C)C)c(C(C)(C)C)c1C(C)(C)C. The van der Waals surface area contributed by atoms with Crippen LogP contribution in [0.3, 0.4) is 0 Å². The van der Waals surface area contributed by atoms with Crippen LogP contribution in [0.15, 0.2) is 18.2 Å². The molecule has 1 atom stereocenters. The zero-order valence-electron chi connectivity index (χ0n) is 33.0. The summed E-state index contributed by atoms with van der Waals surface area (Å²) in [7, 11) is 0. The summed E-state index contributed by atoms with van der Waals surface area (Å²) in [6.07, 6.45) is 1.05. The molecule has 244 valence electrons. The van der Waals surface area contributed by atoms with E-state index >= 15 is 0 Å². The van der Waals surface area contributed by atoms with Crippen LogP contribution in [0.1, 0.15) is 208 Å². The third-order valence-electron chi connectivity index (χ3n) is 9.10. The van der Waals surface area contributed by atoms with Gasteiger partial charge in [0.05, 0.1) is 0 Å². The summed E-state index contributed by atoms with van der Waals surface area (Å²) in [5.74, 6) is 0.382. The Hall–Kier alpha value is -1.56. The maximum atomic E-state index is 2.62. The predicted octanol–water partition coefficient (Wildman–Crippen LogP) is 13.1. The molecule has 0 saturated heterocycles. The minimum Gasteiger partial charge on any atom is -0.0584 e. The van der Waals surface area contributed by atoms with Crippen molar-refractivity contribution in [2.45, 2.75) is 203 Å². The van der Waals surface area contributed by atoms with Crippen molar-refractivity contribution < 1.29 is 0 Å². The molecule has 2 rings (SSSR count). The average molecular weight is 589 g/mol. The van der Waals surface area contributed by atoms with Gasteiger partial charge in [0.15, 0.2) is 0 Å². The summed E-state index contributed by atoms with van der Waals surface area (Å²) in [6, 6.07) is 7.58. The maximum Gasteiger partial charge on any atom is -0.0126 e. The van der Waals surface area contributed by atoms with Crippen LogP contribution in [-0.2, 0) is 44.3 Å². The van der Waals surface area contributed by atoms with Crippen molar-refractivity contribution >= 4 is 0 Å². The Morgan fingerprint density at radius 3 is 1.07 bits per heavy atom. The number of rotatable bonds is 3. The zero-order valence-corrected chi connectivity index (χ0v) is 33.0. The molecule has 0 N–H and O–H groups in total. The van der Waals surface area contributed by atoms with Gasteiger partial charge in [0, 0.05) is 0 Å². The minimum absolute atomic E-state index is 0.0208. The van der Waals surface area contributed by atoms with E-state index in [0.717, 1.165) is 6.42 Å². The molecule has 0 saturated carbocycles. The highest BCUT2D eigenvalue weighted by Crippen LogP contribution is 2.50.